The summed E-state index contributed by atoms with van der Waals surface area (Å²) in [6.07, 6.45) is 4.70. The van der Waals surface area contributed by atoms with Crippen LogP contribution < -0.4 is 9.65 Å². The van der Waals surface area contributed by atoms with E-state index < -0.39 is 8.07 Å². The first kappa shape index (κ1) is 14.3. The predicted octanol–water partition coefficient (Wildman–Crippen LogP) is 2.28. The third-order valence-corrected chi connectivity index (χ3v) is 8.67. The first-order valence-electron chi connectivity index (χ1n) is 6.92. The van der Waals surface area contributed by atoms with Gasteiger partial charge in [-0.2, -0.15) is 0 Å². The van der Waals surface area contributed by atoms with Crippen molar-refractivity contribution in [2.75, 3.05) is 0 Å². The molecule has 0 spiro atoms. The summed E-state index contributed by atoms with van der Waals surface area (Å²) in [5.74, 6) is 0. The van der Waals surface area contributed by atoms with Crippen LogP contribution in [0.3, 0.4) is 0 Å². The van der Waals surface area contributed by atoms with Crippen LogP contribution in [-0.4, -0.2) is 34.2 Å². The Hall–Kier alpha value is -0.0836. The number of benzene rings is 1. The molecular formula is C15H24OSeSi. The standard InChI is InChI=1S/C15H24OSeSi/c1-18(2,3)13-10-8-12(9-11-13)17-15-7-5-4-6-14(15)16/h8-11,14-16H,4-7H2,1-3H3/t14-,15-/m1/s1. The molecule has 0 aromatic heterocycles. The van der Waals surface area contributed by atoms with Gasteiger partial charge < -0.3 is 0 Å². The maximum absolute atomic E-state index is 10.0. The van der Waals surface area contributed by atoms with E-state index in [1.165, 1.54) is 28.9 Å². The van der Waals surface area contributed by atoms with Crippen LogP contribution in [0, 0.1) is 0 Å². The van der Waals surface area contributed by atoms with Gasteiger partial charge in [-0.15, -0.1) is 0 Å². The summed E-state index contributed by atoms with van der Waals surface area (Å²) in [5, 5.41) is 11.6. The van der Waals surface area contributed by atoms with Crippen LogP contribution in [0.25, 0.3) is 0 Å². The Morgan fingerprint density at radius 2 is 1.67 bits per heavy atom. The van der Waals surface area contributed by atoms with Crippen LogP contribution >= 0.6 is 0 Å². The van der Waals surface area contributed by atoms with Gasteiger partial charge in [0, 0.05) is 0 Å². The molecule has 1 N–H and O–H groups in total. The molecule has 1 nitrogen and oxygen atoms in total. The Kier molecular flexibility index (Phi) is 4.71. The fourth-order valence-corrected chi connectivity index (χ4v) is 6.15. The predicted molar refractivity (Wildman–Crippen MR) is 83.0 cm³/mol. The van der Waals surface area contributed by atoms with Gasteiger partial charge in [0.25, 0.3) is 0 Å². The molecule has 0 amide bonds. The SMILES string of the molecule is C[Si](C)(C)c1ccc([Se][C@@H]2CCCC[C@H]2O)cc1. The Morgan fingerprint density at radius 1 is 1.06 bits per heavy atom. The van der Waals surface area contributed by atoms with Crippen molar-refractivity contribution in [3.63, 3.8) is 0 Å². The van der Waals surface area contributed by atoms with E-state index >= 15 is 0 Å². The molecule has 0 bridgehead atoms. The van der Waals surface area contributed by atoms with E-state index in [0.717, 1.165) is 6.42 Å². The Labute approximate surface area is 118 Å². The quantitative estimate of drug-likeness (QED) is 0.845. The third kappa shape index (κ3) is 3.71. The molecule has 0 heterocycles. The van der Waals surface area contributed by atoms with Crippen molar-refractivity contribution in [2.45, 2.75) is 56.2 Å². The molecule has 2 rings (SSSR count). The van der Waals surface area contributed by atoms with E-state index in [0.29, 0.717) is 19.8 Å². The molecule has 1 aromatic rings. The van der Waals surface area contributed by atoms with E-state index in [4.69, 9.17) is 0 Å². The fraction of sp³-hybridized carbons (Fsp3) is 0.600. The average molecular weight is 327 g/mol. The molecule has 1 saturated carbocycles. The van der Waals surface area contributed by atoms with Crippen molar-refractivity contribution < 1.29 is 5.11 Å². The maximum atomic E-state index is 10.0. The van der Waals surface area contributed by atoms with Crippen molar-refractivity contribution in [2.24, 2.45) is 0 Å². The van der Waals surface area contributed by atoms with E-state index in [2.05, 4.69) is 43.9 Å². The minimum absolute atomic E-state index is 0.0459. The van der Waals surface area contributed by atoms with Crippen LogP contribution in [0.15, 0.2) is 24.3 Å². The van der Waals surface area contributed by atoms with E-state index in [-0.39, 0.29) is 6.10 Å². The van der Waals surface area contributed by atoms with Crippen LogP contribution in [0.4, 0.5) is 0 Å². The first-order chi connectivity index (χ1) is 8.47. The van der Waals surface area contributed by atoms with Gasteiger partial charge in [0.2, 0.25) is 0 Å². The summed E-state index contributed by atoms with van der Waals surface area (Å²) in [6, 6.07) is 9.24. The van der Waals surface area contributed by atoms with Crippen LogP contribution in [0.5, 0.6) is 0 Å². The number of rotatable bonds is 3. The Balaban J connectivity index is 2.02. The van der Waals surface area contributed by atoms with Gasteiger partial charge in [-0.05, 0) is 0 Å². The third-order valence-electron chi connectivity index (χ3n) is 3.68. The van der Waals surface area contributed by atoms with E-state index in [9.17, 15) is 5.11 Å². The van der Waals surface area contributed by atoms with Crippen molar-refractivity contribution in [3.8, 4) is 0 Å². The van der Waals surface area contributed by atoms with E-state index in [1.54, 1.807) is 0 Å². The molecule has 2 atom stereocenters. The van der Waals surface area contributed by atoms with Gasteiger partial charge in [-0.1, -0.05) is 0 Å². The molecule has 0 unspecified atom stereocenters. The molecule has 3 heteroatoms. The van der Waals surface area contributed by atoms with Gasteiger partial charge in [0.05, 0.1) is 0 Å². The monoisotopic (exact) mass is 328 g/mol. The van der Waals surface area contributed by atoms with Crippen molar-refractivity contribution in [3.05, 3.63) is 24.3 Å². The molecule has 0 radical (unpaired) electrons. The molecule has 18 heavy (non-hydrogen) atoms. The summed E-state index contributed by atoms with van der Waals surface area (Å²) in [6.45, 7) is 7.16. The molecule has 1 aliphatic rings. The first-order valence-corrected chi connectivity index (χ1v) is 12.3. The molecule has 100 valence electrons. The second-order valence-electron chi connectivity index (χ2n) is 6.28. The molecule has 1 aliphatic carbocycles. The minimum atomic E-state index is -1.16. The number of aliphatic hydroxyl groups is 1. The number of hydrogen-bond donors (Lipinski definition) is 1. The molecule has 1 fully saturated rings. The van der Waals surface area contributed by atoms with Crippen molar-refractivity contribution >= 4 is 32.7 Å². The van der Waals surface area contributed by atoms with Gasteiger partial charge in [0.1, 0.15) is 0 Å². The summed E-state index contributed by atoms with van der Waals surface area (Å²) < 4.78 is 1.45. The second kappa shape index (κ2) is 5.92. The van der Waals surface area contributed by atoms with Gasteiger partial charge in [-0.3, -0.25) is 0 Å². The van der Waals surface area contributed by atoms with Crippen LogP contribution in [0.1, 0.15) is 25.7 Å². The van der Waals surface area contributed by atoms with Crippen molar-refractivity contribution in [1.82, 2.24) is 0 Å². The number of aliphatic hydroxyl groups excluding tert-OH is 1. The zero-order valence-electron chi connectivity index (χ0n) is 11.6. The second-order valence-corrected chi connectivity index (χ2v) is 14.1. The molecule has 0 aliphatic heterocycles. The molecular weight excluding hydrogens is 303 g/mol. The Morgan fingerprint density at radius 3 is 2.22 bits per heavy atom. The van der Waals surface area contributed by atoms with E-state index in [1.807, 2.05) is 0 Å². The zero-order valence-corrected chi connectivity index (χ0v) is 14.4. The van der Waals surface area contributed by atoms with Gasteiger partial charge in [0.15, 0.2) is 0 Å². The van der Waals surface area contributed by atoms with Crippen molar-refractivity contribution in [1.29, 1.82) is 0 Å². The summed E-state index contributed by atoms with van der Waals surface area (Å²) in [5.41, 5.74) is 0. The fourth-order valence-electron chi connectivity index (χ4n) is 2.42. The summed E-state index contributed by atoms with van der Waals surface area (Å²) >= 11 is 0.442. The molecule has 0 saturated heterocycles. The van der Waals surface area contributed by atoms with Crippen LogP contribution in [0.2, 0.25) is 24.5 Å². The van der Waals surface area contributed by atoms with Gasteiger partial charge in [-0.25, -0.2) is 0 Å². The summed E-state index contributed by atoms with van der Waals surface area (Å²) in [7, 11) is -1.16. The summed E-state index contributed by atoms with van der Waals surface area (Å²) in [4.78, 5) is 0.545. The average Bonchev–Trinajstić information content (AvgIpc) is 2.32. The van der Waals surface area contributed by atoms with Crippen LogP contribution in [-0.2, 0) is 0 Å². The zero-order chi connectivity index (χ0) is 13.2. The van der Waals surface area contributed by atoms with Gasteiger partial charge >= 0.3 is 118 Å². The normalized spacial score (nSPS) is 25.1. The number of hydrogen-bond acceptors (Lipinski definition) is 1. The molecule has 1 aromatic carbocycles. The Bertz CT molecular complexity index is 382. The topological polar surface area (TPSA) is 20.2 Å².